The Kier molecular flexibility index (Phi) is 3.33. The van der Waals surface area contributed by atoms with Gasteiger partial charge in [0.1, 0.15) is 0 Å². The number of carboxylic acids is 1. The molecular weight excluding hydrogens is 238 g/mol. The molecule has 1 aliphatic carbocycles. The lowest BCUT2D eigenvalue weighted by atomic mass is 9.82. The Bertz CT molecular complexity index is 465. The van der Waals surface area contributed by atoms with E-state index in [2.05, 4.69) is 9.97 Å². The van der Waals surface area contributed by atoms with Crippen LogP contribution in [0, 0.1) is 5.92 Å². The summed E-state index contributed by atoms with van der Waals surface area (Å²) in [5.74, 6) is -1.35. The van der Waals surface area contributed by atoms with Crippen molar-refractivity contribution in [2.75, 3.05) is 13.6 Å². The van der Waals surface area contributed by atoms with Gasteiger partial charge in [0.05, 0.1) is 12.4 Å². The minimum atomic E-state index is -1.21. The van der Waals surface area contributed by atoms with E-state index in [9.17, 15) is 14.7 Å². The minimum absolute atomic E-state index is 0.0788. The van der Waals surface area contributed by atoms with Gasteiger partial charge in [-0.15, -0.1) is 0 Å². The van der Waals surface area contributed by atoms with Gasteiger partial charge in [0.25, 0.3) is 5.91 Å². The highest BCUT2D eigenvalue weighted by Gasteiger charge is 2.30. The van der Waals surface area contributed by atoms with Crippen molar-refractivity contribution in [3.8, 4) is 0 Å². The van der Waals surface area contributed by atoms with Crippen LogP contribution in [0.1, 0.15) is 33.8 Å². The summed E-state index contributed by atoms with van der Waals surface area (Å²) in [6.07, 6.45) is 2.30. The van der Waals surface area contributed by atoms with E-state index in [4.69, 9.17) is 5.11 Å². The molecule has 7 heteroatoms. The Hall–Kier alpha value is -1.89. The first-order chi connectivity index (χ1) is 8.49. The van der Waals surface area contributed by atoms with Crippen molar-refractivity contribution in [1.82, 2.24) is 14.9 Å². The monoisotopic (exact) mass is 253 g/mol. The Morgan fingerprint density at radius 2 is 2.22 bits per heavy atom. The maximum Gasteiger partial charge on any atom is 0.354 e. The first kappa shape index (κ1) is 12.6. The molecule has 1 amide bonds. The van der Waals surface area contributed by atoms with E-state index in [1.165, 1.54) is 11.2 Å². The standard InChI is InChI=1S/C11H15N3O4/c1-14(4-6-2-7(15)3-6)10(16)8-9(11(17)18)13-5-12-8/h5-7,15H,2-4H2,1H3,(H,12,13)(H,17,18). The summed E-state index contributed by atoms with van der Waals surface area (Å²) in [6.45, 7) is 0.502. The summed E-state index contributed by atoms with van der Waals surface area (Å²) in [7, 11) is 1.60. The molecule has 0 atom stereocenters. The third-order valence-corrected chi connectivity index (χ3v) is 3.15. The van der Waals surface area contributed by atoms with Gasteiger partial charge in [-0.1, -0.05) is 0 Å². The van der Waals surface area contributed by atoms with Crippen LogP contribution in [0.2, 0.25) is 0 Å². The van der Waals surface area contributed by atoms with Crippen LogP contribution in [0.4, 0.5) is 0 Å². The molecule has 0 unspecified atom stereocenters. The topological polar surface area (TPSA) is 107 Å². The molecule has 1 aromatic heterocycles. The zero-order chi connectivity index (χ0) is 13.3. The number of rotatable bonds is 4. The number of imidazole rings is 1. The molecule has 3 N–H and O–H groups in total. The first-order valence-electron chi connectivity index (χ1n) is 5.69. The van der Waals surface area contributed by atoms with E-state index in [1.54, 1.807) is 7.05 Å². The summed E-state index contributed by atoms with van der Waals surface area (Å²) in [5.41, 5.74) is -0.273. The molecule has 1 saturated carbocycles. The van der Waals surface area contributed by atoms with Gasteiger partial charge in [0.2, 0.25) is 0 Å². The number of aliphatic hydroxyl groups excluding tert-OH is 1. The van der Waals surface area contributed by atoms with E-state index in [0.717, 1.165) is 0 Å². The van der Waals surface area contributed by atoms with Crippen LogP contribution < -0.4 is 0 Å². The molecule has 0 saturated heterocycles. The molecule has 7 nitrogen and oxygen atoms in total. The number of hydrogen-bond acceptors (Lipinski definition) is 4. The van der Waals surface area contributed by atoms with Gasteiger partial charge in [0.15, 0.2) is 11.4 Å². The van der Waals surface area contributed by atoms with Crippen LogP contribution in [0.25, 0.3) is 0 Å². The van der Waals surface area contributed by atoms with Gasteiger partial charge in [-0.25, -0.2) is 9.78 Å². The van der Waals surface area contributed by atoms with E-state index < -0.39 is 11.9 Å². The number of hydrogen-bond donors (Lipinski definition) is 3. The number of aromatic nitrogens is 2. The quantitative estimate of drug-likeness (QED) is 0.697. The number of aliphatic hydroxyl groups is 1. The molecule has 1 aromatic rings. The smallest absolute Gasteiger partial charge is 0.354 e. The van der Waals surface area contributed by atoms with Crippen molar-refractivity contribution in [2.24, 2.45) is 5.92 Å². The van der Waals surface area contributed by atoms with Gasteiger partial charge in [-0.05, 0) is 18.8 Å². The summed E-state index contributed by atoms with van der Waals surface area (Å²) in [4.78, 5) is 30.5. The fraction of sp³-hybridized carbons (Fsp3) is 0.545. The molecule has 0 spiro atoms. The lowest BCUT2D eigenvalue weighted by molar-refractivity contribution is 0.0263. The molecule has 0 aliphatic heterocycles. The zero-order valence-corrected chi connectivity index (χ0v) is 9.96. The van der Waals surface area contributed by atoms with Crippen molar-refractivity contribution in [1.29, 1.82) is 0 Å². The molecule has 0 bridgehead atoms. The lowest BCUT2D eigenvalue weighted by Gasteiger charge is -2.34. The maximum absolute atomic E-state index is 12.0. The van der Waals surface area contributed by atoms with Gasteiger partial charge in [-0.3, -0.25) is 4.79 Å². The second-order valence-corrected chi connectivity index (χ2v) is 4.61. The first-order valence-corrected chi connectivity index (χ1v) is 5.69. The Morgan fingerprint density at radius 3 is 2.78 bits per heavy atom. The summed E-state index contributed by atoms with van der Waals surface area (Å²) in [5, 5.41) is 18.1. The van der Waals surface area contributed by atoms with Crippen molar-refractivity contribution in [2.45, 2.75) is 18.9 Å². The predicted octanol–water partition coefficient (Wildman–Crippen LogP) is -0.0492. The molecule has 98 valence electrons. The molecule has 1 aliphatic rings. The van der Waals surface area contributed by atoms with Gasteiger partial charge in [0, 0.05) is 13.6 Å². The summed E-state index contributed by atoms with van der Waals surface area (Å²) < 4.78 is 0. The largest absolute Gasteiger partial charge is 0.477 e. The third kappa shape index (κ3) is 2.35. The molecule has 0 aromatic carbocycles. The van der Waals surface area contributed by atoms with Crippen molar-refractivity contribution in [3.63, 3.8) is 0 Å². The molecule has 2 rings (SSSR count). The number of nitrogens with one attached hydrogen (secondary N) is 1. The minimum Gasteiger partial charge on any atom is -0.477 e. The maximum atomic E-state index is 12.0. The molecule has 0 radical (unpaired) electrons. The number of aromatic amines is 1. The van der Waals surface area contributed by atoms with Crippen LogP contribution in [0.5, 0.6) is 0 Å². The predicted molar refractivity (Wildman–Crippen MR) is 61.2 cm³/mol. The molecule has 18 heavy (non-hydrogen) atoms. The summed E-state index contributed by atoms with van der Waals surface area (Å²) in [6, 6.07) is 0. The highest BCUT2D eigenvalue weighted by molar-refractivity contribution is 6.02. The molecule has 1 fully saturated rings. The van der Waals surface area contributed by atoms with Crippen LogP contribution in [-0.4, -0.2) is 56.7 Å². The van der Waals surface area contributed by atoms with E-state index >= 15 is 0 Å². The number of nitrogens with zero attached hydrogens (tertiary/aromatic N) is 2. The van der Waals surface area contributed by atoms with Crippen molar-refractivity contribution < 1.29 is 19.8 Å². The number of aromatic carboxylic acids is 1. The average molecular weight is 253 g/mol. The molecular formula is C11H15N3O4. The fourth-order valence-electron chi connectivity index (χ4n) is 2.12. The van der Waals surface area contributed by atoms with Crippen LogP contribution in [0.15, 0.2) is 6.33 Å². The second-order valence-electron chi connectivity index (χ2n) is 4.61. The SMILES string of the molecule is CN(CC1CC(O)C1)C(=O)c1nc[nH]c1C(=O)O. The van der Waals surface area contributed by atoms with Gasteiger partial charge >= 0.3 is 5.97 Å². The number of amides is 1. The highest BCUT2D eigenvalue weighted by Crippen LogP contribution is 2.27. The van der Waals surface area contributed by atoms with Crippen LogP contribution in [0.3, 0.4) is 0 Å². The van der Waals surface area contributed by atoms with Crippen LogP contribution >= 0.6 is 0 Å². The lowest BCUT2D eigenvalue weighted by Crippen LogP contribution is -2.40. The number of carbonyl (C=O) groups is 2. The highest BCUT2D eigenvalue weighted by atomic mass is 16.4. The number of H-pyrrole nitrogens is 1. The third-order valence-electron chi connectivity index (χ3n) is 3.15. The average Bonchev–Trinajstić information content (AvgIpc) is 2.74. The molecule has 1 heterocycles. The zero-order valence-electron chi connectivity index (χ0n) is 9.96. The number of carbonyl (C=O) groups excluding carboxylic acids is 1. The van der Waals surface area contributed by atoms with Gasteiger partial charge in [-0.2, -0.15) is 0 Å². The second kappa shape index (κ2) is 4.77. The van der Waals surface area contributed by atoms with E-state index in [0.29, 0.717) is 19.4 Å². The van der Waals surface area contributed by atoms with E-state index in [1.807, 2.05) is 0 Å². The number of carboxylic acid groups (broad SMARTS) is 1. The normalized spacial score (nSPS) is 22.3. The van der Waals surface area contributed by atoms with Crippen molar-refractivity contribution >= 4 is 11.9 Å². The summed E-state index contributed by atoms with van der Waals surface area (Å²) >= 11 is 0. The fourth-order valence-corrected chi connectivity index (χ4v) is 2.12. The van der Waals surface area contributed by atoms with Gasteiger partial charge < -0.3 is 20.1 Å². The Balaban J connectivity index is 2.01. The van der Waals surface area contributed by atoms with Crippen LogP contribution in [-0.2, 0) is 0 Å². The van der Waals surface area contributed by atoms with E-state index in [-0.39, 0.29) is 23.4 Å². The Labute approximate surface area is 103 Å². The Morgan fingerprint density at radius 1 is 1.56 bits per heavy atom. The van der Waals surface area contributed by atoms with Crippen molar-refractivity contribution in [3.05, 3.63) is 17.7 Å².